The Balaban J connectivity index is 2.63. The zero-order valence-corrected chi connectivity index (χ0v) is 10.9. The molecular weight excluding hydrogens is 202 g/mol. The van der Waals surface area contributed by atoms with Crippen molar-refractivity contribution in [2.75, 3.05) is 11.6 Å². The van der Waals surface area contributed by atoms with Crippen LogP contribution in [0.3, 0.4) is 0 Å². The number of anilines is 1. The fraction of sp³-hybridized carbons (Fsp3) is 0.538. The molecule has 2 heteroatoms. The van der Waals surface area contributed by atoms with Gasteiger partial charge in [-0.3, -0.25) is 0 Å². The van der Waals surface area contributed by atoms with Gasteiger partial charge in [0, 0.05) is 16.6 Å². The maximum atomic E-state index is 3.57. The summed E-state index contributed by atoms with van der Waals surface area (Å²) in [7, 11) is 0. The lowest BCUT2D eigenvalue weighted by molar-refractivity contribution is 0.539. The number of thioether (sulfide) groups is 1. The van der Waals surface area contributed by atoms with Crippen LogP contribution < -0.4 is 5.32 Å². The first-order valence-corrected chi connectivity index (χ1v) is 6.75. The van der Waals surface area contributed by atoms with Gasteiger partial charge in [-0.2, -0.15) is 0 Å². The summed E-state index contributed by atoms with van der Waals surface area (Å²) in [6.07, 6.45) is 3.33. The van der Waals surface area contributed by atoms with Gasteiger partial charge in [-0.15, -0.1) is 11.8 Å². The van der Waals surface area contributed by atoms with Crippen LogP contribution in [0.1, 0.15) is 27.2 Å². The molecule has 0 amide bonds. The molecular formula is C13H21NS. The second-order valence-electron chi connectivity index (χ2n) is 4.38. The fourth-order valence-electron chi connectivity index (χ4n) is 1.80. The first-order valence-electron chi connectivity index (χ1n) is 5.53. The fourth-order valence-corrected chi connectivity index (χ4v) is 2.36. The monoisotopic (exact) mass is 223 g/mol. The standard InChI is InChI=1S/C13H21NS/c1-10(2)9-11(3)14-12-7-5-6-8-13(12)15-4/h5-8,10-11,14H,9H2,1-4H3/t11-/m1/s1. The van der Waals surface area contributed by atoms with Gasteiger partial charge in [0.1, 0.15) is 0 Å². The van der Waals surface area contributed by atoms with Crippen LogP contribution in [0, 0.1) is 5.92 Å². The van der Waals surface area contributed by atoms with Crippen molar-refractivity contribution in [3.63, 3.8) is 0 Å². The molecule has 1 aromatic carbocycles. The van der Waals surface area contributed by atoms with E-state index in [1.807, 2.05) is 0 Å². The number of benzene rings is 1. The molecule has 1 aromatic rings. The third-order valence-electron chi connectivity index (χ3n) is 2.33. The van der Waals surface area contributed by atoms with Gasteiger partial charge in [0.25, 0.3) is 0 Å². The molecule has 0 bridgehead atoms. The van der Waals surface area contributed by atoms with Crippen LogP contribution in [-0.2, 0) is 0 Å². The number of hydrogen-bond acceptors (Lipinski definition) is 2. The minimum absolute atomic E-state index is 0.540. The van der Waals surface area contributed by atoms with Gasteiger partial charge in [-0.1, -0.05) is 26.0 Å². The highest BCUT2D eigenvalue weighted by molar-refractivity contribution is 7.98. The van der Waals surface area contributed by atoms with Crippen LogP contribution in [0.5, 0.6) is 0 Å². The normalized spacial score (nSPS) is 12.9. The van der Waals surface area contributed by atoms with E-state index in [9.17, 15) is 0 Å². The molecule has 1 nitrogen and oxygen atoms in total. The average Bonchev–Trinajstić information content (AvgIpc) is 2.17. The smallest absolute Gasteiger partial charge is 0.0480 e. The van der Waals surface area contributed by atoms with Crippen molar-refractivity contribution < 1.29 is 0 Å². The van der Waals surface area contributed by atoms with Gasteiger partial charge >= 0.3 is 0 Å². The van der Waals surface area contributed by atoms with Crippen LogP contribution in [-0.4, -0.2) is 12.3 Å². The topological polar surface area (TPSA) is 12.0 Å². The van der Waals surface area contributed by atoms with Crippen molar-refractivity contribution in [3.05, 3.63) is 24.3 Å². The third kappa shape index (κ3) is 4.17. The van der Waals surface area contributed by atoms with E-state index in [1.54, 1.807) is 11.8 Å². The SMILES string of the molecule is CSc1ccccc1N[C@H](C)CC(C)C. The Hall–Kier alpha value is -0.630. The van der Waals surface area contributed by atoms with Crippen LogP contribution in [0.4, 0.5) is 5.69 Å². The molecule has 0 aliphatic rings. The van der Waals surface area contributed by atoms with Gasteiger partial charge in [-0.05, 0) is 37.7 Å². The molecule has 0 aliphatic heterocycles. The van der Waals surface area contributed by atoms with Crippen molar-refractivity contribution in [1.29, 1.82) is 0 Å². The summed E-state index contributed by atoms with van der Waals surface area (Å²) < 4.78 is 0. The minimum atomic E-state index is 0.540. The lowest BCUT2D eigenvalue weighted by Crippen LogP contribution is -2.17. The molecule has 1 N–H and O–H groups in total. The first-order chi connectivity index (χ1) is 7.13. The first kappa shape index (κ1) is 12.4. The van der Waals surface area contributed by atoms with E-state index >= 15 is 0 Å². The highest BCUT2D eigenvalue weighted by Gasteiger charge is 2.06. The van der Waals surface area contributed by atoms with Crippen LogP contribution in [0.15, 0.2) is 29.2 Å². The van der Waals surface area contributed by atoms with Crippen LogP contribution in [0.2, 0.25) is 0 Å². The van der Waals surface area contributed by atoms with Crippen molar-refractivity contribution in [1.82, 2.24) is 0 Å². The minimum Gasteiger partial charge on any atom is -0.382 e. The quantitative estimate of drug-likeness (QED) is 0.749. The number of para-hydroxylation sites is 1. The lowest BCUT2D eigenvalue weighted by Gasteiger charge is -2.18. The van der Waals surface area contributed by atoms with Crippen LogP contribution in [0.25, 0.3) is 0 Å². The average molecular weight is 223 g/mol. The largest absolute Gasteiger partial charge is 0.382 e. The van der Waals surface area contributed by atoms with Gasteiger partial charge < -0.3 is 5.32 Å². The molecule has 0 aliphatic carbocycles. The van der Waals surface area contributed by atoms with Crippen molar-refractivity contribution >= 4 is 17.4 Å². The lowest BCUT2D eigenvalue weighted by atomic mass is 10.1. The number of rotatable bonds is 5. The summed E-state index contributed by atoms with van der Waals surface area (Å²) in [5.41, 5.74) is 1.26. The third-order valence-corrected chi connectivity index (χ3v) is 3.13. The molecule has 0 spiro atoms. The maximum absolute atomic E-state index is 3.57. The predicted octanol–water partition coefficient (Wildman–Crippen LogP) is 4.26. The van der Waals surface area contributed by atoms with E-state index in [1.165, 1.54) is 17.0 Å². The highest BCUT2D eigenvalue weighted by Crippen LogP contribution is 2.25. The van der Waals surface area contributed by atoms with Gasteiger partial charge in [0.15, 0.2) is 0 Å². The van der Waals surface area contributed by atoms with E-state index in [0.29, 0.717) is 6.04 Å². The number of hydrogen-bond donors (Lipinski definition) is 1. The van der Waals surface area contributed by atoms with Crippen molar-refractivity contribution in [3.8, 4) is 0 Å². The Bertz CT molecular complexity index is 296. The van der Waals surface area contributed by atoms with Crippen LogP contribution >= 0.6 is 11.8 Å². The summed E-state index contributed by atoms with van der Waals surface area (Å²) in [4.78, 5) is 1.33. The molecule has 0 saturated carbocycles. The molecule has 0 unspecified atom stereocenters. The summed E-state index contributed by atoms with van der Waals surface area (Å²) in [6.45, 7) is 6.77. The van der Waals surface area contributed by atoms with E-state index in [2.05, 4.69) is 56.6 Å². The molecule has 0 saturated heterocycles. The van der Waals surface area contributed by atoms with Gasteiger partial charge in [0.2, 0.25) is 0 Å². The molecule has 15 heavy (non-hydrogen) atoms. The highest BCUT2D eigenvalue weighted by atomic mass is 32.2. The second kappa shape index (κ2) is 6.06. The molecule has 0 radical (unpaired) electrons. The molecule has 0 aromatic heterocycles. The van der Waals surface area contributed by atoms with Gasteiger partial charge in [-0.25, -0.2) is 0 Å². The van der Waals surface area contributed by atoms with Crippen molar-refractivity contribution in [2.45, 2.75) is 38.1 Å². The Kier molecular flexibility index (Phi) is 5.03. The van der Waals surface area contributed by atoms with Gasteiger partial charge in [0.05, 0.1) is 0 Å². The van der Waals surface area contributed by atoms with E-state index < -0.39 is 0 Å². The van der Waals surface area contributed by atoms with Crippen molar-refractivity contribution in [2.24, 2.45) is 5.92 Å². The molecule has 0 fully saturated rings. The number of nitrogens with one attached hydrogen (secondary N) is 1. The van der Waals surface area contributed by atoms with E-state index in [4.69, 9.17) is 0 Å². The zero-order chi connectivity index (χ0) is 11.3. The summed E-state index contributed by atoms with van der Waals surface area (Å²) in [5, 5.41) is 3.57. The van der Waals surface area contributed by atoms with E-state index in [-0.39, 0.29) is 0 Å². The molecule has 1 atom stereocenters. The van der Waals surface area contributed by atoms with E-state index in [0.717, 1.165) is 5.92 Å². The predicted molar refractivity (Wildman–Crippen MR) is 70.8 cm³/mol. The molecule has 84 valence electrons. The Morgan fingerprint density at radius 3 is 2.47 bits per heavy atom. The summed E-state index contributed by atoms with van der Waals surface area (Å²) >= 11 is 1.79. The Morgan fingerprint density at radius 2 is 1.87 bits per heavy atom. The maximum Gasteiger partial charge on any atom is 0.0480 e. The Labute approximate surface area is 97.7 Å². The molecule has 0 heterocycles. The Morgan fingerprint density at radius 1 is 1.20 bits per heavy atom. The summed E-state index contributed by atoms with van der Waals surface area (Å²) in [5.74, 6) is 0.744. The zero-order valence-electron chi connectivity index (χ0n) is 10.1. The second-order valence-corrected chi connectivity index (χ2v) is 5.22. The summed E-state index contributed by atoms with van der Waals surface area (Å²) in [6, 6.07) is 9.03. The molecule has 1 rings (SSSR count).